The average molecular weight is 283 g/mol. The van der Waals surface area contributed by atoms with Gasteiger partial charge in [-0.1, -0.05) is 12.1 Å². The van der Waals surface area contributed by atoms with Crippen molar-refractivity contribution >= 4 is 5.78 Å². The highest BCUT2D eigenvalue weighted by Crippen LogP contribution is 2.28. The van der Waals surface area contributed by atoms with E-state index in [1.165, 1.54) is 12.8 Å². The highest BCUT2D eigenvalue weighted by atomic mass is 16.1. The molecule has 2 atom stereocenters. The maximum Gasteiger partial charge on any atom is 0.176 e. The van der Waals surface area contributed by atoms with Gasteiger partial charge in [0.25, 0.3) is 0 Å². The zero-order valence-corrected chi connectivity index (χ0v) is 12.5. The normalized spacial score (nSPS) is 26.3. The van der Waals surface area contributed by atoms with Gasteiger partial charge in [-0.25, -0.2) is 0 Å². The van der Waals surface area contributed by atoms with Gasteiger partial charge in [-0.15, -0.1) is 0 Å². The third kappa shape index (κ3) is 2.99. The Kier molecular flexibility index (Phi) is 4.05. The molecule has 2 fully saturated rings. The molecule has 4 nitrogen and oxygen atoms in total. The van der Waals surface area contributed by atoms with Crippen molar-refractivity contribution in [1.82, 2.24) is 9.80 Å². The summed E-state index contributed by atoms with van der Waals surface area (Å²) in [5.74, 6) is 0.153. The zero-order valence-electron chi connectivity index (χ0n) is 12.5. The summed E-state index contributed by atoms with van der Waals surface area (Å²) in [6.07, 6.45) is 3.72. The first-order chi connectivity index (χ1) is 10.2. The van der Waals surface area contributed by atoms with Crippen molar-refractivity contribution in [1.29, 1.82) is 5.26 Å². The number of carbonyl (C=O) groups excluding carboxylic acids is 1. The number of carbonyl (C=O) groups is 1. The summed E-state index contributed by atoms with van der Waals surface area (Å²) in [5, 5.41) is 8.80. The van der Waals surface area contributed by atoms with Gasteiger partial charge in [0.1, 0.15) is 0 Å². The molecular weight excluding hydrogens is 262 g/mol. The van der Waals surface area contributed by atoms with Crippen molar-refractivity contribution in [3.63, 3.8) is 0 Å². The van der Waals surface area contributed by atoms with E-state index in [-0.39, 0.29) is 5.78 Å². The molecule has 2 heterocycles. The van der Waals surface area contributed by atoms with Crippen molar-refractivity contribution in [2.24, 2.45) is 0 Å². The molecular formula is C17H21N3O. The molecule has 21 heavy (non-hydrogen) atoms. The first-order valence-corrected chi connectivity index (χ1v) is 7.65. The molecule has 3 rings (SSSR count). The van der Waals surface area contributed by atoms with Crippen molar-refractivity contribution in [3.05, 3.63) is 35.4 Å². The van der Waals surface area contributed by atoms with Crippen LogP contribution in [0, 0.1) is 11.3 Å². The fourth-order valence-corrected chi connectivity index (χ4v) is 3.55. The molecule has 2 bridgehead atoms. The molecule has 0 aliphatic carbocycles. The Morgan fingerprint density at radius 1 is 1.24 bits per heavy atom. The van der Waals surface area contributed by atoms with Gasteiger partial charge in [0.2, 0.25) is 0 Å². The van der Waals surface area contributed by atoms with Gasteiger partial charge in [-0.2, -0.15) is 5.26 Å². The van der Waals surface area contributed by atoms with Crippen LogP contribution in [-0.4, -0.2) is 54.3 Å². The van der Waals surface area contributed by atoms with Gasteiger partial charge in [0.05, 0.1) is 18.2 Å². The average Bonchev–Trinajstić information content (AvgIpc) is 2.75. The van der Waals surface area contributed by atoms with Crippen LogP contribution in [0.5, 0.6) is 0 Å². The summed E-state index contributed by atoms with van der Waals surface area (Å²) in [6.45, 7) is 2.49. The molecule has 0 amide bonds. The van der Waals surface area contributed by atoms with Crippen LogP contribution in [0.2, 0.25) is 0 Å². The van der Waals surface area contributed by atoms with E-state index in [1.54, 1.807) is 24.3 Å². The Morgan fingerprint density at radius 2 is 1.95 bits per heavy atom. The van der Waals surface area contributed by atoms with Gasteiger partial charge in [-0.3, -0.25) is 14.6 Å². The lowest BCUT2D eigenvalue weighted by atomic mass is 10.1. The highest BCUT2D eigenvalue weighted by Gasteiger charge is 2.34. The number of hydrogen-bond donors (Lipinski definition) is 0. The summed E-state index contributed by atoms with van der Waals surface area (Å²) in [6, 6.07) is 10.3. The van der Waals surface area contributed by atoms with Crippen molar-refractivity contribution in [2.45, 2.75) is 31.3 Å². The molecule has 2 aliphatic rings. The van der Waals surface area contributed by atoms with Crippen LogP contribution < -0.4 is 0 Å². The molecule has 2 aliphatic heterocycles. The second kappa shape index (κ2) is 5.97. The summed E-state index contributed by atoms with van der Waals surface area (Å²) >= 11 is 0. The van der Waals surface area contributed by atoms with Gasteiger partial charge in [0, 0.05) is 30.7 Å². The molecule has 0 radical (unpaired) electrons. The predicted molar refractivity (Wildman–Crippen MR) is 81.1 cm³/mol. The van der Waals surface area contributed by atoms with Crippen molar-refractivity contribution < 1.29 is 4.79 Å². The predicted octanol–water partition coefficient (Wildman–Crippen LogP) is 1.91. The second-order valence-electron chi connectivity index (χ2n) is 6.19. The molecule has 0 saturated carbocycles. The van der Waals surface area contributed by atoms with Crippen LogP contribution in [0.25, 0.3) is 0 Å². The number of Topliss-reactive ketones (excluding diaryl/α,β-unsaturated/α-hetero) is 1. The fraction of sp³-hybridized carbons (Fsp3) is 0.529. The maximum absolute atomic E-state index is 12.4. The maximum atomic E-state index is 12.4. The lowest BCUT2D eigenvalue weighted by Crippen LogP contribution is -2.38. The summed E-state index contributed by atoms with van der Waals surface area (Å²) in [5.41, 5.74) is 1.30. The standard InChI is InChI=1S/C17H21N3O/c1-19-15-6-7-16(19)11-20(9-8-15)12-17(21)14-4-2-13(10-18)3-5-14/h2-5,15-16H,6-9,11-12H2,1H3. The number of rotatable bonds is 3. The number of likely N-dealkylation sites (tertiary alicyclic amines) is 1. The minimum atomic E-state index is 0.153. The molecule has 0 aromatic heterocycles. The zero-order chi connectivity index (χ0) is 14.8. The van der Waals surface area contributed by atoms with Crippen LogP contribution in [0.1, 0.15) is 35.2 Å². The van der Waals surface area contributed by atoms with Crippen molar-refractivity contribution in [2.75, 3.05) is 26.7 Å². The smallest absolute Gasteiger partial charge is 0.176 e. The Balaban J connectivity index is 1.63. The van der Waals surface area contributed by atoms with Crippen LogP contribution in [0.3, 0.4) is 0 Å². The van der Waals surface area contributed by atoms with Crippen LogP contribution in [0.15, 0.2) is 24.3 Å². The van der Waals surface area contributed by atoms with E-state index < -0.39 is 0 Å². The van der Waals surface area contributed by atoms with E-state index in [2.05, 4.69) is 22.9 Å². The van der Waals surface area contributed by atoms with Crippen LogP contribution in [0.4, 0.5) is 0 Å². The molecule has 0 spiro atoms. The number of benzene rings is 1. The molecule has 1 aromatic carbocycles. The Morgan fingerprint density at radius 3 is 2.67 bits per heavy atom. The van der Waals surface area contributed by atoms with E-state index in [0.717, 1.165) is 19.5 Å². The topological polar surface area (TPSA) is 47.3 Å². The molecule has 1 aromatic rings. The first-order valence-electron chi connectivity index (χ1n) is 7.65. The van der Waals surface area contributed by atoms with Crippen molar-refractivity contribution in [3.8, 4) is 6.07 Å². The van der Waals surface area contributed by atoms with E-state index in [4.69, 9.17) is 5.26 Å². The van der Waals surface area contributed by atoms with Gasteiger partial charge < -0.3 is 0 Å². The third-order valence-corrected chi connectivity index (χ3v) is 4.94. The lowest BCUT2D eigenvalue weighted by molar-refractivity contribution is 0.0923. The number of nitrogens with zero attached hydrogens (tertiary/aromatic N) is 3. The molecule has 2 unspecified atom stereocenters. The van der Waals surface area contributed by atoms with E-state index >= 15 is 0 Å². The summed E-state index contributed by atoms with van der Waals surface area (Å²) < 4.78 is 0. The number of nitriles is 1. The van der Waals surface area contributed by atoms with E-state index in [1.807, 2.05) is 0 Å². The SMILES string of the molecule is CN1C2CCC1CN(CC(=O)c1ccc(C#N)cc1)CC2. The van der Waals surface area contributed by atoms with E-state index in [9.17, 15) is 4.79 Å². The Labute approximate surface area is 126 Å². The quantitative estimate of drug-likeness (QED) is 0.795. The minimum absolute atomic E-state index is 0.153. The first kappa shape index (κ1) is 14.2. The van der Waals surface area contributed by atoms with E-state index in [0.29, 0.717) is 29.8 Å². The number of likely N-dealkylation sites (N-methyl/N-ethyl adjacent to an activating group) is 1. The van der Waals surface area contributed by atoms with Gasteiger partial charge >= 0.3 is 0 Å². The lowest BCUT2D eigenvalue weighted by Gasteiger charge is -2.25. The Bertz CT molecular complexity index is 560. The van der Waals surface area contributed by atoms with Gasteiger partial charge in [-0.05, 0) is 38.4 Å². The third-order valence-electron chi connectivity index (χ3n) is 4.94. The largest absolute Gasteiger partial charge is 0.299 e. The molecule has 0 N–H and O–H groups in total. The number of fused-ring (bicyclic) bond motifs is 2. The van der Waals surface area contributed by atoms with Crippen LogP contribution >= 0.6 is 0 Å². The molecule has 4 heteroatoms. The van der Waals surface area contributed by atoms with Crippen LogP contribution in [-0.2, 0) is 0 Å². The fourth-order valence-electron chi connectivity index (χ4n) is 3.55. The second-order valence-corrected chi connectivity index (χ2v) is 6.19. The highest BCUT2D eigenvalue weighted by molar-refractivity contribution is 5.97. The van der Waals surface area contributed by atoms with Gasteiger partial charge in [0.15, 0.2) is 5.78 Å². The molecule has 2 saturated heterocycles. The monoisotopic (exact) mass is 283 g/mol. The Hall–Kier alpha value is -1.70. The minimum Gasteiger partial charge on any atom is -0.299 e. The molecule has 110 valence electrons. The number of hydrogen-bond acceptors (Lipinski definition) is 4. The number of ketones is 1. The summed E-state index contributed by atoms with van der Waals surface area (Å²) in [7, 11) is 2.22. The summed E-state index contributed by atoms with van der Waals surface area (Å²) in [4.78, 5) is 17.2.